The standard InChI is InChI=1S/C25H33N3O3.C2HF3O2/c1-24(2,3)31-23(29)25(22-18-30-22,20-7-5-4-6-8-20)28-15-11-19(12-16-28)17-27-21-9-13-26-14-10-21;3-2(4,5)1(6)7/h4-10,13-14,19,22H,11-12,15-18H2,1-3H3,(H,26,27);(H,6,7). The Balaban J connectivity index is 0.000000505. The van der Waals surface area contributed by atoms with Crippen molar-refractivity contribution >= 4 is 17.6 Å². The van der Waals surface area contributed by atoms with Crippen molar-refractivity contribution in [2.24, 2.45) is 5.92 Å². The van der Waals surface area contributed by atoms with Crippen molar-refractivity contribution in [1.82, 2.24) is 9.88 Å². The predicted molar refractivity (Wildman–Crippen MR) is 134 cm³/mol. The first kappa shape index (κ1) is 29.4. The van der Waals surface area contributed by atoms with Crippen LogP contribution in [0.2, 0.25) is 0 Å². The van der Waals surface area contributed by atoms with Crippen molar-refractivity contribution in [3.8, 4) is 0 Å². The second-order valence-corrected chi connectivity index (χ2v) is 10.3. The van der Waals surface area contributed by atoms with E-state index in [9.17, 15) is 18.0 Å². The number of ether oxygens (including phenoxy) is 2. The second-order valence-electron chi connectivity index (χ2n) is 10.3. The van der Waals surface area contributed by atoms with E-state index in [0.717, 1.165) is 43.7 Å². The zero-order valence-electron chi connectivity index (χ0n) is 21.7. The fourth-order valence-electron chi connectivity index (χ4n) is 4.51. The van der Waals surface area contributed by atoms with Crippen LogP contribution >= 0.6 is 0 Å². The first-order valence-electron chi connectivity index (χ1n) is 12.4. The summed E-state index contributed by atoms with van der Waals surface area (Å²) in [5, 5.41) is 10.6. The molecule has 0 aliphatic carbocycles. The first-order valence-corrected chi connectivity index (χ1v) is 12.4. The zero-order valence-corrected chi connectivity index (χ0v) is 21.7. The van der Waals surface area contributed by atoms with Gasteiger partial charge in [0.25, 0.3) is 0 Å². The summed E-state index contributed by atoms with van der Waals surface area (Å²) in [5.74, 6) is -2.41. The molecule has 2 atom stereocenters. The number of epoxide rings is 1. The summed E-state index contributed by atoms with van der Waals surface area (Å²) < 4.78 is 43.5. The monoisotopic (exact) mass is 537 g/mol. The van der Waals surface area contributed by atoms with Crippen LogP contribution < -0.4 is 5.32 Å². The highest BCUT2D eigenvalue weighted by Gasteiger charge is 2.59. The Kier molecular flexibility index (Phi) is 9.37. The highest BCUT2D eigenvalue weighted by Crippen LogP contribution is 2.43. The number of halogens is 3. The van der Waals surface area contributed by atoms with Crippen LogP contribution in [0, 0.1) is 5.92 Å². The maximum Gasteiger partial charge on any atom is 0.490 e. The minimum absolute atomic E-state index is 0.170. The van der Waals surface area contributed by atoms with Gasteiger partial charge in [-0.15, -0.1) is 0 Å². The lowest BCUT2D eigenvalue weighted by Gasteiger charge is -2.45. The van der Waals surface area contributed by atoms with Crippen molar-refractivity contribution in [1.29, 1.82) is 0 Å². The largest absolute Gasteiger partial charge is 0.490 e. The van der Waals surface area contributed by atoms with Gasteiger partial charge < -0.3 is 19.9 Å². The quantitative estimate of drug-likeness (QED) is 0.394. The number of piperidine rings is 1. The number of esters is 1. The van der Waals surface area contributed by atoms with Gasteiger partial charge in [0.1, 0.15) is 11.7 Å². The van der Waals surface area contributed by atoms with Crippen molar-refractivity contribution in [3.63, 3.8) is 0 Å². The zero-order chi connectivity index (χ0) is 28.0. The van der Waals surface area contributed by atoms with Gasteiger partial charge in [0.2, 0.25) is 0 Å². The Hall–Kier alpha value is -3.18. The molecule has 4 rings (SSSR count). The Morgan fingerprint density at radius 2 is 1.63 bits per heavy atom. The van der Waals surface area contributed by atoms with Crippen LogP contribution in [-0.2, 0) is 24.6 Å². The molecule has 1 aromatic carbocycles. The molecule has 2 N–H and O–H groups in total. The van der Waals surface area contributed by atoms with E-state index in [-0.39, 0.29) is 12.1 Å². The van der Waals surface area contributed by atoms with Gasteiger partial charge in [-0.3, -0.25) is 9.88 Å². The summed E-state index contributed by atoms with van der Waals surface area (Å²) in [5.41, 5.74) is 0.605. The predicted octanol–water partition coefficient (Wildman–Crippen LogP) is 4.47. The van der Waals surface area contributed by atoms with Crippen molar-refractivity contribution < 1.29 is 37.3 Å². The van der Waals surface area contributed by atoms with Gasteiger partial charge in [0, 0.05) is 24.6 Å². The van der Waals surface area contributed by atoms with E-state index in [1.165, 1.54) is 0 Å². The molecule has 0 radical (unpaired) electrons. The Morgan fingerprint density at radius 1 is 1.08 bits per heavy atom. The minimum atomic E-state index is -5.08. The molecule has 2 aliphatic heterocycles. The van der Waals surface area contributed by atoms with E-state index < -0.39 is 23.3 Å². The van der Waals surface area contributed by atoms with Gasteiger partial charge in [-0.05, 0) is 70.3 Å². The summed E-state index contributed by atoms with van der Waals surface area (Å²) in [4.78, 5) is 29.0. The van der Waals surface area contributed by atoms with Gasteiger partial charge in [0.15, 0.2) is 5.54 Å². The van der Waals surface area contributed by atoms with E-state index in [4.69, 9.17) is 19.4 Å². The molecule has 0 saturated carbocycles. The van der Waals surface area contributed by atoms with Gasteiger partial charge in [0.05, 0.1) is 6.61 Å². The Bertz CT molecular complexity index is 1050. The van der Waals surface area contributed by atoms with Gasteiger partial charge >= 0.3 is 18.1 Å². The lowest BCUT2D eigenvalue weighted by Crippen LogP contribution is -2.60. The normalized spacial score (nSPS) is 19.9. The Morgan fingerprint density at radius 3 is 2.11 bits per heavy atom. The number of likely N-dealkylation sites (tertiary alicyclic amines) is 1. The fourth-order valence-corrected chi connectivity index (χ4v) is 4.51. The molecular formula is C27H34F3N3O5. The molecule has 1 aromatic heterocycles. The minimum Gasteiger partial charge on any atom is -0.475 e. The van der Waals surface area contributed by atoms with E-state index in [1.807, 2.05) is 63.2 Å². The number of benzene rings is 1. The molecule has 2 aliphatic rings. The summed E-state index contributed by atoms with van der Waals surface area (Å²) in [6.07, 6.45) is 0.381. The molecule has 0 amide bonds. The van der Waals surface area contributed by atoms with Gasteiger partial charge in [-0.25, -0.2) is 9.59 Å². The van der Waals surface area contributed by atoms with Crippen LogP contribution in [-0.4, -0.2) is 71.1 Å². The van der Waals surface area contributed by atoms with E-state index >= 15 is 0 Å². The van der Waals surface area contributed by atoms with E-state index in [0.29, 0.717) is 12.5 Å². The van der Waals surface area contributed by atoms with E-state index in [1.54, 1.807) is 12.4 Å². The smallest absolute Gasteiger partial charge is 0.475 e. The van der Waals surface area contributed by atoms with Crippen LogP contribution in [0.4, 0.5) is 18.9 Å². The van der Waals surface area contributed by atoms with E-state index in [2.05, 4.69) is 15.2 Å². The molecule has 3 heterocycles. The molecular weight excluding hydrogens is 503 g/mol. The molecule has 11 heteroatoms. The molecule has 208 valence electrons. The lowest BCUT2D eigenvalue weighted by molar-refractivity contribution is -0.192. The van der Waals surface area contributed by atoms with Crippen molar-refractivity contribution in [3.05, 3.63) is 60.4 Å². The number of alkyl halides is 3. The number of aromatic nitrogens is 1. The molecule has 2 fully saturated rings. The molecule has 8 nitrogen and oxygen atoms in total. The van der Waals surface area contributed by atoms with Crippen LogP contribution in [0.15, 0.2) is 54.9 Å². The number of nitrogens with zero attached hydrogens (tertiary/aromatic N) is 2. The number of rotatable bonds is 7. The number of carboxylic acids is 1. The number of aliphatic carboxylic acids is 1. The summed E-state index contributed by atoms with van der Waals surface area (Å²) >= 11 is 0. The number of hydrogen-bond acceptors (Lipinski definition) is 7. The average Bonchev–Trinajstić information content (AvgIpc) is 3.70. The number of anilines is 1. The molecule has 2 aromatic rings. The maximum absolute atomic E-state index is 13.7. The molecule has 38 heavy (non-hydrogen) atoms. The van der Waals surface area contributed by atoms with Crippen LogP contribution in [0.25, 0.3) is 0 Å². The van der Waals surface area contributed by atoms with Gasteiger partial charge in [-0.1, -0.05) is 30.3 Å². The van der Waals surface area contributed by atoms with Crippen LogP contribution in [0.3, 0.4) is 0 Å². The maximum atomic E-state index is 13.7. The molecule has 2 unspecified atom stereocenters. The Labute approximate surface area is 220 Å². The first-order chi connectivity index (χ1) is 17.8. The third kappa shape index (κ3) is 7.67. The van der Waals surface area contributed by atoms with Crippen molar-refractivity contribution in [2.45, 2.75) is 57.0 Å². The lowest BCUT2D eigenvalue weighted by atomic mass is 9.81. The highest BCUT2D eigenvalue weighted by molar-refractivity contribution is 5.84. The summed E-state index contributed by atoms with van der Waals surface area (Å²) in [6, 6.07) is 14.0. The third-order valence-corrected chi connectivity index (χ3v) is 6.35. The average molecular weight is 538 g/mol. The molecule has 2 saturated heterocycles. The van der Waals surface area contributed by atoms with Crippen molar-refractivity contribution in [2.75, 3.05) is 31.6 Å². The third-order valence-electron chi connectivity index (χ3n) is 6.35. The molecule has 0 bridgehead atoms. The topological polar surface area (TPSA) is 104 Å². The number of nitrogens with one attached hydrogen (secondary N) is 1. The number of pyridine rings is 1. The summed E-state index contributed by atoms with van der Waals surface area (Å²) in [7, 11) is 0. The van der Waals surface area contributed by atoms with Gasteiger partial charge in [-0.2, -0.15) is 13.2 Å². The number of carboxylic acid groups (broad SMARTS) is 1. The SMILES string of the molecule is CC(C)(C)OC(=O)C(c1ccccc1)(C1CO1)N1CCC(CNc2ccncc2)CC1.O=C(O)C(F)(F)F. The fraction of sp³-hybridized carbons (Fsp3) is 0.519. The number of hydrogen-bond donors (Lipinski definition) is 2. The number of carbonyl (C=O) groups excluding carboxylic acids is 1. The van der Waals surface area contributed by atoms with Crippen LogP contribution in [0.5, 0.6) is 0 Å². The molecule has 0 spiro atoms. The van der Waals surface area contributed by atoms with Crippen LogP contribution in [0.1, 0.15) is 39.2 Å². The highest BCUT2D eigenvalue weighted by atomic mass is 19.4. The second kappa shape index (κ2) is 12.1. The summed E-state index contributed by atoms with van der Waals surface area (Å²) in [6.45, 7) is 8.93. The number of carbonyl (C=O) groups is 2.